The van der Waals surface area contributed by atoms with Gasteiger partial charge in [-0.2, -0.15) is 0 Å². The lowest BCUT2D eigenvalue weighted by Gasteiger charge is -2.21. The van der Waals surface area contributed by atoms with Crippen molar-refractivity contribution in [1.82, 2.24) is 20.6 Å². The van der Waals surface area contributed by atoms with Crippen LogP contribution < -0.4 is 10.6 Å². The number of aromatic nitrogens is 2. The molecule has 45 heavy (non-hydrogen) atoms. The van der Waals surface area contributed by atoms with Gasteiger partial charge in [-0.05, 0) is 39.7 Å². The normalized spacial score (nSPS) is 13.1. The SMILES string of the molecule is CC(C)(C)c1ccc(-c2cnc(-c3ccc(C[C@H](NC(=O)c4ccc(C(C)(C)C)s4)C(=O)N[C@H](CO)C(=O)O)cc3)nc2)cc1. The number of thiophene rings is 1. The first-order valence-electron chi connectivity index (χ1n) is 14.7. The predicted molar refractivity (Wildman–Crippen MR) is 176 cm³/mol. The van der Waals surface area contributed by atoms with Gasteiger partial charge in [0.05, 0.1) is 11.5 Å². The number of amides is 2. The van der Waals surface area contributed by atoms with Crippen LogP contribution in [0.15, 0.2) is 73.1 Å². The van der Waals surface area contributed by atoms with Gasteiger partial charge in [0.25, 0.3) is 5.91 Å². The predicted octanol–water partition coefficient (Wildman–Crippen LogP) is 5.37. The second-order valence-corrected chi connectivity index (χ2v) is 14.1. The Kier molecular flexibility index (Phi) is 10.2. The molecule has 0 bridgehead atoms. The first-order chi connectivity index (χ1) is 21.2. The molecule has 0 radical (unpaired) electrons. The van der Waals surface area contributed by atoms with E-state index in [9.17, 15) is 24.6 Å². The van der Waals surface area contributed by atoms with Crippen molar-refractivity contribution >= 4 is 29.1 Å². The molecule has 0 saturated carbocycles. The molecule has 10 heteroatoms. The van der Waals surface area contributed by atoms with Gasteiger partial charge in [0, 0.05) is 34.8 Å². The van der Waals surface area contributed by atoms with E-state index in [1.807, 2.05) is 51.1 Å². The highest BCUT2D eigenvalue weighted by molar-refractivity contribution is 7.14. The number of nitrogens with zero attached hydrogens (tertiary/aromatic N) is 2. The average Bonchev–Trinajstić information content (AvgIpc) is 3.51. The summed E-state index contributed by atoms with van der Waals surface area (Å²) < 4.78 is 0. The molecular formula is C35H40N4O5S. The maximum absolute atomic E-state index is 13.1. The van der Waals surface area contributed by atoms with Crippen molar-refractivity contribution in [2.45, 2.75) is 70.9 Å². The molecule has 9 nitrogen and oxygen atoms in total. The van der Waals surface area contributed by atoms with Gasteiger partial charge in [-0.1, -0.05) is 90.1 Å². The van der Waals surface area contributed by atoms with Crippen LogP contribution in [0.5, 0.6) is 0 Å². The molecule has 0 fully saturated rings. The van der Waals surface area contributed by atoms with Crippen molar-refractivity contribution in [3.05, 3.63) is 93.9 Å². The van der Waals surface area contributed by atoms with Crippen molar-refractivity contribution in [2.24, 2.45) is 0 Å². The number of aliphatic hydroxyl groups is 1. The van der Waals surface area contributed by atoms with E-state index in [0.717, 1.165) is 27.1 Å². The Bertz CT molecular complexity index is 1630. The number of hydrogen-bond acceptors (Lipinski definition) is 7. The van der Waals surface area contributed by atoms with Gasteiger partial charge in [0.1, 0.15) is 12.1 Å². The third-order valence-corrected chi connectivity index (χ3v) is 8.89. The van der Waals surface area contributed by atoms with E-state index in [-0.39, 0.29) is 17.3 Å². The minimum Gasteiger partial charge on any atom is -0.480 e. The van der Waals surface area contributed by atoms with E-state index in [2.05, 4.69) is 65.6 Å². The summed E-state index contributed by atoms with van der Waals surface area (Å²) in [5.41, 5.74) is 4.62. The molecule has 0 unspecified atom stereocenters. The number of carbonyl (C=O) groups is 3. The van der Waals surface area contributed by atoms with E-state index in [1.165, 1.54) is 16.9 Å². The van der Waals surface area contributed by atoms with Crippen LogP contribution in [0, 0.1) is 0 Å². The number of carboxylic acids is 1. The van der Waals surface area contributed by atoms with Crippen LogP contribution >= 0.6 is 11.3 Å². The third-order valence-electron chi connectivity index (χ3n) is 7.38. The van der Waals surface area contributed by atoms with Crippen LogP contribution in [-0.2, 0) is 26.8 Å². The number of aliphatic carboxylic acids is 1. The van der Waals surface area contributed by atoms with Crippen molar-refractivity contribution in [3.63, 3.8) is 0 Å². The summed E-state index contributed by atoms with van der Waals surface area (Å²) in [5.74, 6) is -1.99. The van der Waals surface area contributed by atoms with Gasteiger partial charge in [-0.3, -0.25) is 9.59 Å². The maximum atomic E-state index is 13.1. The van der Waals surface area contributed by atoms with E-state index in [1.54, 1.807) is 18.5 Å². The summed E-state index contributed by atoms with van der Waals surface area (Å²) in [6.07, 6.45) is 3.67. The smallest absolute Gasteiger partial charge is 0.328 e. The van der Waals surface area contributed by atoms with Gasteiger partial charge >= 0.3 is 5.97 Å². The molecule has 2 aromatic heterocycles. The molecule has 2 heterocycles. The van der Waals surface area contributed by atoms with Gasteiger partial charge < -0.3 is 20.8 Å². The zero-order valence-corrected chi connectivity index (χ0v) is 27.2. The minimum atomic E-state index is -1.50. The van der Waals surface area contributed by atoms with Crippen LogP contribution in [0.3, 0.4) is 0 Å². The molecule has 2 amide bonds. The Morgan fingerprint density at radius 2 is 1.36 bits per heavy atom. The molecule has 4 N–H and O–H groups in total. The number of nitrogens with one attached hydrogen (secondary N) is 2. The molecule has 0 aliphatic rings. The van der Waals surface area contributed by atoms with Crippen LogP contribution in [-0.4, -0.2) is 56.7 Å². The number of benzene rings is 2. The lowest BCUT2D eigenvalue weighted by atomic mass is 9.86. The van der Waals surface area contributed by atoms with Gasteiger partial charge in [-0.25, -0.2) is 14.8 Å². The average molecular weight is 629 g/mol. The molecular weight excluding hydrogens is 588 g/mol. The van der Waals surface area contributed by atoms with Crippen LogP contribution in [0.1, 0.15) is 67.2 Å². The Morgan fingerprint density at radius 1 is 0.756 bits per heavy atom. The second kappa shape index (κ2) is 13.7. The summed E-state index contributed by atoms with van der Waals surface area (Å²) in [7, 11) is 0. The van der Waals surface area contributed by atoms with Gasteiger partial charge in [0.15, 0.2) is 5.82 Å². The molecule has 0 spiro atoms. The Labute approximate surface area is 267 Å². The highest BCUT2D eigenvalue weighted by Crippen LogP contribution is 2.30. The Morgan fingerprint density at radius 3 is 1.87 bits per heavy atom. The van der Waals surface area contributed by atoms with Crippen LogP contribution in [0.4, 0.5) is 0 Å². The minimum absolute atomic E-state index is 0.0704. The molecule has 0 aliphatic heterocycles. The quantitative estimate of drug-likeness (QED) is 0.185. The number of aliphatic hydroxyl groups excluding tert-OH is 1. The fourth-order valence-corrected chi connectivity index (χ4v) is 5.54. The summed E-state index contributed by atoms with van der Waals surface area (Å²) >= 11 is 1.34. The zero-order valence-electron chi connectivity index (χ0n) is 26.4. The molecule has 4 aromatic rings. The molecule has 2 aromatic carbocycles. The lowest BCUT2D eigenvalue weighted by Crippen LogP contribution is -2.53. The van der Waals surface area contributed by atoms with Crippen molar-refractivity contribution < 1.29 is 24.6 Å². The molecule has 0 saturated heterocycles. The molecule has 2 atom stereocenters. The highest BCUT2D eigenvalue weighted by atomic mass is 32.1. The second-order valence-electron chi connectivity index (χ2n) is 13.0. The van der Waals surface area contributed by atoms with Crippen LogP contribution in [0.25, 0.3) is 22.5 Å². The van der Waals surface area contributed by atoms with Gasteiger partial charge in [0.2, 0.25) is 5.91 Å². The lowest BCUT2D eigenvalue weighted by molar-refractivity contribution is -0.143. The highest BCUT2D eigenvalue weighted by Gasteiger charge is 2.28. The first kappa shape index (κ1) is 33.5. The summed E-state index contributed by atoms with van der Waals surface area (Å²) in [6, 6.07) is 16.7. The van der Waals surface area contributed by atoms with Crippen LogP contribution in [0.2, 0.25) is 0 Å². The van der Waals surface area contributed by atoms with E-state index < -0.39 is 36.5 Å². The van der Waals surface area contributed by atoms with Crippen molar-refractivity contribution in [3.8, 4) is 22.5 Å². The molecule has 236 valence electrons. The molecule has 4 rings (SSSR count). The number of hydrogen-bond donors (Lipinski definition) is 4. The van der Waals surface area contributed by atoms with Crippen molar-refractivity contribution in [2.75, 3.05) is 6.61 Å². The maximum Gasteiger partial charge on any atom is 0.328 e. The largest absolute Gasteiger partial charge is 0.480 e. The summed E-state index contributed by atoms with van der Waals surface area (Å²) in [5, 5.41) is 23.8. The Hall–Kier alpha value is -4.41. The zero-order chi connectivity index (χ0) is 32.9. The van der Waals surface area contributed by atoms with Gasteiger partial charge in [-0.15, -0.1) is 11.3 Å². The topological polar surface area (TPSA) is 142 Å². The van der Waals surface area contributed by atoms with E-state index in [0.29, 0.717) is 10.7 Å². The number of carboxylic acid groups (broad SMARTS) is 1. The Balaban J connectivity index is 1.50. The van der Waals surface area contributed by atoms with E-state index >= 15 is 0 Å². The summed E-state index contributed by atoms with van der Waals surface area (Å²) in [6.45, 7) is 11.9. The molecule has 0 aliphatic carbocycles. The fourth-order valence-electron chi connectivity index (χ4n) is 4.57. The van der Waals surface area contributed by atoms with Crippen molar-refractivity contribution in [1.29, 1.82) is 0 Å². The number of carbonyl (C=O) groups excluding carboxylic acids is 2. The monoisotopic (exact) mass is 628 g/mol. The number of rotatable bonds is 10. The summed E-state index contributed by atoms with van der Waals surface area (Å²) in [4.78, 5) is 48.3. The standard InChI is InChI=1S/C35H40N4O5S/c1-34(2,3)25-13-11-22(12-14-25)24-18-36-30(37-19-24)23-9-7-21(8-10-23)17-26(31(41)39-27(20-40)33(43)44)38-32(42)28-15-16-29(45-28)35(4,5)6/h7-16,18-19,26-27,40H,17,20H2,1-6H3,(H,38,42)(H,39,41)(H,43,44)/t26-,27+/m0/s1. The first-order valence-corrected chi connectivity index (χ1v) is 15.5. The van der Waals surface area contributed by atoms with E-state index in [4.69, 9.17) is 0 Å². The fraction of sp³-hybridized carbons (Fsp3) is 0.343. The third kappa shape index (κ3) is 8.61.